The fourth-order valence-corrected chi connectivity index (χ4v) is 2.47. The van der Waals surface area contributed by atoms with Crippen LogP contribution in [0.4, 0.5) is 4.39 Å². The van der Waals surface area contributed by atoms with Crippen LogP contribution in [0.25, 0.3) is 0 Å². The molecule has 1 aliphatic rings. The summed E-state index contributed by atoms with van der Waals surface area (Å²) >= 11 is 0. The minimum absolute atomic E-state index is 0.266. The van der Waals surface area contributed by atoms with E-state index in [2.05, 4.69) is 5.32 Å². The SMILES string of the molecule is NC(=O)[C@H](Cc1ccc(F)cc1)NC1CCCC1. The van der Waals surface area contributed by atoms with Crippen LogP contribution >= 0.6 is 0 Å². The first-order valence-electron chi connectivity index (χ1n) is 6.45. The molecule has 1 fully saturated rings. The van der Waals surface area contributed by atoms with E-state index in [1.54, 1.807) is 12.1 Å². The van der Waals surface area contributed by atoms with Crippen LogP contribution in [0.1, 0.15) is 31.2 Å². The number of carbonyl (C=O) groups is 1. The second-order valence-corrected chi connectivity index (χ2v) is 4.93. The Morgan fingerprint density at radius 2 is 1.94 bits per heavy atom. The number of primary amides is 1. The summed E-state index contributed by atoms with van der Waals surface area (Å²) in [5.41, 5.74) is 6.34. The Hall–Kier alpha value is -1.42. The highest BCUT2D eigenvalue weighted by Gasteiger charge is 2.22. The lowest BCUT2D eigenvalue weighted by molar-refractivity contribution is -0.120. The van der Waals surface area contributed by atoms with E-state index in [0.717, 1.165) is 18.4 Å². The predicted octanol–water partition coefficient (Wildman–Crippen LogP) is 1.75. The maximum absolute atomic E-state index is 12.8. The molecule has 1 saturated carbocycles. The number of benzene rings is 1. The molecule has 0 heterocycles. The summed E-state index contributed by atoms with van der Waals surface area (Å²) in [4.78, 5) is 11.4. The van der Waals surface area contributed by atoms with Gasteiger partial charge < -0.3 is 11.1 Å². The molecule has 1 aromatic rings. The first-order valence-corrected chi connectivity index (χ1v) is 6.45. The minimum atomic E-state index is -0.362. The smallest absolute Gasteiger partial charge is 0.234 e. The molecule has 2 rings (SSSR count). The number of carbonyl (C=O) groups excluding carboxylic acids is 1. The van der Waals surface area contributed by atoms with Crippen LogP contribution < -0.4 is 11.1 Å². The Morgan fingerprint density at radius 1 is 1.33 bits per heavy atom. The molecule has 3 N–H and O–H groups in total. The normalized spacial score (nSPS) is 17.8. The molecule has 1 atom stereocenters. The van der Waals surface area contributed by atoms with Gasteiger partial charge >= 0.3 is 0 Å². The van der Waals surface area contributed by atoms with E-state index in [1.807, 2.05) is 0 Å². The average molecular weight is 250 g/mol. The maximum Gasteiger partial charge on any atom is 0.234 e. The number of rotatable bonds is 5. The summed E-state index contributed by atoms with van der Waals surface area (Å²) in [7, 11) is 0. The van der Waals surface area contributed by atoms with Crippen molar-refractivity contribution < 1.29 is 9.18 Å². The van der Waals surface area contributed by atoms with Gasteiger partial charge in [0.1, 0.15) is 5.82 Å². The number of amides is 1. The third-order valence-corrected chi connectivity index (χ3v) is 3.49. The van der Waals surface area contributed by atoms with Gasteiger partial charge in [0.2, 0.25) is 5.91 Å². The Balaban J connectivity index is 1.97. The molecule has 0 bridgehead atoms. The van der Waals surface area contributed by atoms with E-state index in [1.165, 1.54) is 25.0 Å². The summed E-state index contributed by atoms with van der Waals surface area (Å²) in [6.45, 7) is 0. The summed E-state index contributed by atoms with van der Waals surface area (Å²) in [5.74, 6) is -0.607. The molecule has 0 aliphatic heterocycles. The molecule has 1 amide bonds. The van der Waals surface area contributed by atoms with Crippen LogP contribution in [0.3, 0.4) is 0 Å². The molecule has 0 aromatic heterocycles. The molecule has 0 spiro atoms. The largest absolute Gasteiger partial charge is 0.368 e. The van der Waals surface area contributed by atoms with Crippen molar-refractivity contribution in [3.8, 4) is 0 Å². The lowest BCUT2D eigenvalue weighted by atomic mass is 10.0. The molecule has 4 heteroatoms. The Morgan fingerprint density at radius 3 is 2.50 bits per heavy atom. The van der Waals surface area contributed by atoms with Crippen LogP contribution in [-0.4, -0.2) is 18.0 Å². The third kappa shape index (κ3) is 3.53. The zero-order chi connectivity index (χ0) is 13.0. The summed E-state index contributed by atoms with van der Waals surface area (Å²) in [6.07, 6.45) is 5.14. The number of nitrogens with one attached hydrogen (secondary N) is 1. The van der Waals surface area contributed by atoms with Crippen LogP contribution in [0, 0.1) is 5.82 Å². The van der Waals surface area contributed by atoms with Gasteiger partial charge in [-0.25, -0.2) is 4.39 Å². The van der Waals surface area contributed by atoms with Crippen LogP contribution in [0.5, 0.6) is 0 Å². The number of hydrogen-bond donors (Lipinski definition) is 2. The molecule has 0 saturated heterocycles. The third-order valence-electron chi connectivity index (χ3n) is 3.49. The quantitative estimate of drug-likeness (QED) is 0.836. The fourth-order valence-electron chi connectivity index (χ4n) is 2.47. The van der Waals surface area contributed by atoms with E-state index < -0.39 is 0 Å². The van der Waals surface area contributed by atoms with E-state index in [9.17, 15) is 9.18 Å². The van der Waals surface area contributed by atoms with Gasteiger partial charge in [-0.2, -0.15) is 0 Å². The van der Waals surface area contributed by atoms with E-state index in [-0.39, 0.29) is 17.8 Å². The van der Waals surface area contributed by atoms with Gasteiger partial charge in [0, 0.05) is 6.04 Å². The molecule has 3 nitrogen and oxygen atoms in total. The van der Waals surface area contributed by atoms with Crippen molar-refractivity contribution >= 4 is 5.91 Å². The van der Waals surface area contributed by atoms with E-state index in [0.29, 0.717) is 12.5 Å². The molecule has 18 heavy (non-hydrogen) atoms. The number of nitrogens with two attached hydrogens (primary N) is 1. The van der Waals surface area contributed by atoms with E-state index >= 15 is 0 Å². The fraction of sp³-hybridized carbons (Fsp3) is 0.500. The molecular weight excluding hydrogens is 231 g/mol. The van der Waals surface area contributed by atoms with Gasteiger partial charge in [-0.3, -0.25) is 4.79 Å². The molecule has 1 aliphatic carbocycles. The molecule has 98 valence electrons. The predicted molar refractivity (Wildman–Crippen MR) is 68.5 cm³/mol. The van der Waals surface area contributed by atoms with Gasteiger partial charge in [0.25, 0.3) is 0 Å². The Bertz CT molecular complexity index is 399. The van der Waals surface area contributed by atoms with Gasteiger partial charge in [-0.1, -0.05) is 25.0 Å². The second-order valence-electron chi connectivity index (χ2n) is 4.93. The van der Waals surface area contributed by atoms with Crippen molar-refractivity contribution in [3.05, 3.63) is 35.6 Å². The van der Waals surface area contributed by atoms with Gasteiger partial charge in [-0.05, 0) is 37.0 Å². The lowest BCUT2D eigenvalue weighted by Crippen LogP contribution is -2.46. The monoisotopic (exact) mass is 250 g/mol. The van der Waals surface area contributed by atoms with Crippen LogP contribution in [0.15, 0.2) is 24.3 Å². The lowest BCUT2D eigenvalue weighted by Gasteiger charge is -2.20. The summed E-state index contributed by atoms with van der Waals surface area (Å²) in [5, 5.41) is 3.31. The van der Waals surface area contributed by atoms with Crippen molar-refractivity contribution in [3.63, 3.8) is 0 Å². The first-order chi connectivity index (χ1) is 8.65. The zero-order valence-electron chi connectivity index (χ0n) is 10.4. The van der Waals surface area contributed by atoms with Crippen LogP contribution in [-0.2, 0) is 11.2 Å². The molecule has 1 aromatic carbocycles. The van der Waals surface area contributed by atoms with E-state index in [4.69, 9.17) is 5.73 Å². The maximum atomic E-state index is 12.8. The van der Waals surface area contributed by atoms with Crippen molar-refractivity contribution in [2.24, 2.45) is 5.73 Å². The number of halogens is 1. The van der Waals surface area contributed by atoms with Crippen molar-refractivity contribution in [1.82, 2.24) is 5.32 Å². The highest BCUT2D eigenvalue weighted by atomic mass is 19.1. The zero-order valence-corrected chi connectivity index (χ0v) is 10.4. The van der Waals surface area contributed by atoms with Gasteiger partial charge in [-0.15, -0.1) is 0 Å². The second kappa shape index (κ2) is 5.96. The van der Waals surface area contributed by atoms with Crippen molar-refractivity contribution in [2.45, 2.75) is 44.2 Å². The first kappa shape index (κ1) is 13.0. The highest BCUT2D eigenvalue weighted by Crippen LogP contribution is 2.18. The van der Waals surface area contributed by atoms with Gasteiger partial charge in [0.05, 0.1) is 6.04 Å². The summed E-state index contributed by atoms with van der Waals surface area (Å²) in [6, 6.07) is 6.23. The molecular formula is C14H19FN2O. The number of hydrogen-bond acceptors (Lipinski definition) is 2. The van der Waals surface area contributed by atoms with Crippen LogP contribution in [0.2, 0.25) is 0 Å². The summed E-state index contributed by atoms with van der Waals surface area (Å²) < 4.78 is 12.8. The van der Waals surface area contributed by atoms with Crippen molar-refractivity contribution in [1.29, 1.82) is 0 Å². The standard InChI is InChI=1S/C14H19FN2O/c15-11-7-5-10(6-8-11)9-13(14(16)18)17-12-3-1-2-4-12/h5-8,12-13,17H,1-4,9H2,(H2,16,18)/t13-/m0/s1. The molecule has 0 unspecified atom stereocenters. The highest BCUT2D eigenvalue weighted by molar-refractivity contribution is 5.80. The van der Waals surface area contributed by atoms with Crippen molar-refractivity contribution in [2.75, 3.05) is 0 Å². The minimum Gasteiger partial charge on any atom is -0.368 e. The Labute approximate surface area is 107 Å². The molecule has 0 radical (unpaired) electrons. The Kier molecular flexibility index (Phi) is 4.31. The topological polar surface area (TPSA) is 55.1 Å². The average Bonchev–Trinajstić information content (AvgIpc) is 2.84. The van der Waals surface area contributed by atoms with Gasteiger partial charge in [0.15, 0.2) is 0 Å².